The van der Waals surface area contributed by atoms with Crippen molar-refractivity contribution in [2.75, 3.05) is 24.2 Å². The van der Waals surface area contributed by atoms with Gasteiger partial charge in [0.25, 0.3) is 6.43 Å². The lowest BCUT2D eigenvalue weighted by molar-refractivity contribution is 0.00380. The smallest absolute Gasteiger partial charge is 0.265 e. The van der Waals surface area contributed by atoms with Crippen LogP contribution in [-0.2, 0) is 5.41 Å². The number of halogens is 2. The monoisotopic (exact) mass is 274 g/mol. The molecule has 3 N–H and O–H groups in total. The number of anilines is 2. The van der Waals surface area contributed by atoms with Crippen LogP contribution in [0.4, 0.5) is 20.4 Å². The van der Waals surface area contributed by atoms with Crippen molar-refractivity contribution in [2.24, 2.45) is 0 Å². The van der Waals surface area contributed by atoms with Gasteiger partial charge in [-0.05, 0) is 0 Å². The highest BCUT2D eigenvalue weighted by Crippen LogP contribution is 2.22. The van der Waals surface area contributed by atoms with Gasteiger partial charge in [0.05, 0.1) is 0 Å². The summed E-state index contributed by atoms with van der Waals surface area (Å²) in [6.07, 6.45) is -4.49. The van der Waals surface area contributed by atoms with Crippen LogP contribution in [0.25, 0.3) is 0 Å². The van der Waals surface area contributed by atoms with E-state index in [0.29, 0.717) is 17.5 Å². The van der Waals surface area contributed by atoms with Crippen LogP contribution in [0.1, 0.15) is 26.6 Å². The van der Waals surface area contributed by atoms with Gasteiger partial charge in [-0.2, -0.15) is 0 Å². The largest absolute Gasteiger partial charge is 0.385 e. The summed E-state index contributed by atoms with van der Waals surface area (Å²) in [5.74, 6) is 1.59. The van der Waals surface area contributed by atoms with Crippen molar-refractivity contribution in [1.29, 1.82) is 0 Å². The fraction of sp³-hybridized carbons (Fsp3) is 0.667. The van der Waals surface area contributed by atoms with Crippen molar-refractivity contribution in [2.45, 2.75) is 38.7 Å². The first-order valence-electron chi connectivity index (χ1n) is 6.01. The zero-order chi connectivity index (χ0) is 14.6. The van der Waals surface area contributed by atoms with E-state index in [0.717, 1.165) is 0 Å². The third-order valence-electron chi connectivity index (χ3n) is 2.44. The first-order chi connectivity index (χ1) is 8.74. The predicted molar refractivity (Wildman–Crippen MR) is 70.8 cm³/mol. The van der Waals surface area contributed by atoms with Crippen molar-refractivity contribution >= 4 is 11.6 Å². The molecule has 0 saturated heterocycles. The molecule has 0 saturated carbocycles. The fourth-order valence-corrected chi connectivity index (χ4v) is 1.30. The Balaban J connectivity index is 2.89. The van der Waals surface area contributed by atoms with Crippen LogP contribution in [0.15, 0.2) is 6.07 Å². The van der Waals surface area contributed by atoms with E-state index in [4.69, 9.17) is 5.11 Å². The van der Waals surface area contributed by atoms with Gasteiger partial charge >= 0.3 is 0 Å². The Kier molecular flexibility index (Phi) is 4.99. The molecule has 0 aromatic carbocycles. The molecule has 5 nitrogen and oxygen atoms in total. The molecular weight excluding hydrogens is 254 g/mol. The number of hydrogen-bond acceptors (Lipinski definition) is 5. The van der Waals surface area contributed by atoms with E-state index in [1.807, 2.05) is 20.8 Å². The van der Waals surface area contributed by atoms with Crippen molar-refractivity contribution in [3.05, 3.63) is 11.9 Å². The van der Waals surface area contributed by atoms with E-state index < -0.39 is 12.5 Å². The SMILES string of the molecule is CNc1cc(NCC(O)C(F)F)nc(C(C)(C)C)n1. The molecule has 1 unspecified atom stereocenters. The molecule has 0 fully saturated rings. The van der Waals surface area contributed by atoms with Gasteiger partial charge in [-0.1, -0.05) is 20.8 Å². The fourth-order valence-electron chi connectivity index (χ4n) is 1.30. The average Bonchev–Trinajstić information content (AvgIpc) is 2.34. The highest BCUT2D eigenvalue weighted by atomic mass is 19.3. The molecule has 0 aliphatic heterocycles. The molecular formula is C12H20F2N4O. The summed E-state index contributed by atoms with van der Waals surface area (Å²) in [7, 11) is 1.71. The zero-order valence-corrected chi connectivity index (χ0v) is 11.5. The normalized spacial score (nSPS) is 13.5. The molecule has 0 aliphatic rings. The Morgan fingerprint density at radius 1 is 1.26 bits per heavy atom. The van der Waals surface area contributed by atoms with Crippen molar-refractivity contribution in [3.8, 4) is 0 Å². The Hall–Kier alpha value is -1.50. The van der Waals surface area contributed by atoms with Gasteiger partial charge in [-0.15, -0.1) is 0 Å². The van der Waals surface area contributed by atoms with E-state index >= 15 is 0 Å². The Bertz CT molecular complexity index is 421. The van der Waals surface area contributed by atoms with E-state index in [9.17, 15) is 8.78 Å². The van der Waals surface area contributed by atoms with Crippen molar-refractivity contribution in [3.63, 3.8) is 0 Å². The number of hydrogen-bond donors (Lipinski definition) is 3. The summed E-state index contributed by atoms with van der Waals surface area (Å²) >= 11 is 0. The lowest BCUT2D eigenvalue weighted by atomic mass is 9.96. The number of nitrogens with zero attached hydrogens (tertiary/aromatic N) is 2. The van der Waals surface area contributed by atoms with E-state index in [1.54, 1.807) is 13.1 Å². The molecule has 19 heavy (non-hydrogen) atoms. The van der Waals surface area contributed by atoms with Crippen LogP contribution in [0.2, 0.25) is 0 Å². The van der Waals surface area contributed by atoms with Crippen LogP contribution in [-0.4, -0.2) is 41.2 Å². The number of aliphatic hydroxyl groups is 1. The maximum Gasteiger partial charge on any atom is 0.265 e. The lowest BCUT2D eigenvalue weighted by Gasteiger charge is -2.19. The first-order valence-corrected chi connectivity index (χ1v) is 6.01. The molecule has 0 aliphatic carbocycles. The molecule has 0 bridgehead atoms. The van der Waals surface area contributed by atoms with Gasteiger partial charge < -0.3 is 15.7 Å². The topological polar surface area (TPSA) is 70.1 Å². The third kappa shape index (κ3) is 4.59. The van der Waals surface area contributed by atoms with Gasteiger partial charge in [0.2, 0.25) is 0 Å². The molecule has 1 heterocycles. The quantitative estimate of drug-likeness (QED) is 0.764. The van der Waals surface area contributed by atoms with Gasteiger partial charge in [-0.3, -0.25) is 0 Å². The molecule has 0 spiro atoms. The summed E-state index contributed by atoms with van der Waals surface area (Å²) in [5.41, 5.74) is -0.259. The maximum absolute atomic E-state index is 12.2. The molecule has 1 aromatic rings. The van der Waals surface area contributed by atoms with Crippen LogP contribution in [0.5, 0.6) is 0 Å². The van der Waals surface area contributed by atoms with Gasteiger partial charge in [0, 0.05) is 25.1 Å². The standard InChI is InChI=1S/C12H20F2N4O/c1-12(2,3)11-17-8(15-4)5-9(18-11)16-6-7(19)10(13)14/h5,7,10,19H,6H2,1-4H3,(H2,15,16,17,18). The lowest BCUT2D eigenvalue weighted by Crippen LogP contribution is -2.27. The van der Waals surface area contributed by atoms with Crippen LogP contribution in [0.3, 0.4) is 0 Å². The molecule has 1 aromatic heterocycles. The summed E-state index contributed by atoms with van der Waals surface area (Å²) in [5, 5.41) is 14.7. The third-order valence-corrected chi connectivity index (χ3v) is 2.44. The van der Waals surface area contributed by atoms with Crippen molar-refractivity contribution in [1.82, 2.24) is 9.97 Å². The molecule has 0 radical (unpaired) electrons. The second kappa shape index (κ2) is 6.10. The van der Waals surface area contributed by atoms with Gasteiger partial charge in [0.1, 0.15) is 23.6 Å². The van der Waals surface area contributed by atoms with Gasteiger partial charge in [0.15, 0.2) is 0 Å². The highest BCUT2D eigenvalue weighted by Gasteiger charge is 2.20. The molecule has 0 amide bonds. The summed E-state index contributed by atoms with van der Waals surface area (Å²) in [6.45, 7) is 5.61. The van der Waals surface area contributed by atoms with E-state index in [-0.39, 0.29) is 12.0 Å². The summed E-state index contributed by atoms with van der Waals surface area (Å²) < 4.78 is 24.4. The molecule has 7 heteroatoms. The van der Waals surface area contributed by atoms with Gasteiger partial charge in [-0.25, -0.2) is 18.7 Å². The summed E-state index contributed by atoms with van der Waals surface area (Å²) in [4.78, 5) is 8.58. The Labute approximate surface area is 111 Å². The van der Waals surface area contributed by atoms with Crippen LogP contribution >= 0.6 is 0 Å². The number of aliphatic hydroxyl groups excluding tert-OH is 1. The van der Waals surface area contributed by atoms with E-state index in [1.165, 1.54) is 0 Å². The second-order valence-electron chi connectivity index (χ2n) is 5.24. The highest BCUT2D eigenvalue weighted by molar-refractivity contribution is 5.47. The predicted octanol–water partition coefficient (Wildman–Crippen LogP) is 1.85. The Morgan fingerprint density at radius 3 is 2.32 bits per heavy atom. The number of alkyl halides is 2. The molecule has 1 rings (SSSR count). The number of aromatic nitrogens is 2. The van der Waals surface area contributed by atoms with Crippen LogP contribution in [0, 0.1) is 0 Å². The number of nitrogens with one attached hydrogen (secondary N) is 2. The number of rotatable bonds is 5. The van der Waals surface area contributed by atoms with Crippen molar-refractivity contribution < 1.29 is 13.9 Å². The zero-order valence-electron chi connectivity index (χ0n) is 11.5. The Morgan fingerprint density at radius 2 is 1.84 bits per heavy atom. The molecule has 108 valence electrons. The van der Waals surface area contributed by atoms with Crippen LogP contribution < -0.4 is 10.6 Å². The second-order valence-corrected chi connectivity index (χ2v) is 5.24. The minimum absolute atomic E-state index is 0.259. The molecule has 1 atom stereocenters. The average molecular weight is 274 g/mol. The minimum atomic E-state index is -2.78. The minimum Gasteiger partial charge on any atom is -0.385 e. The first kappa shape index (κ1) is 15.6. The maximum atomic E-state index is 12.2. The van der Waals surface area contributed by atoms with E-state index in [2.05, 4.69) is 20.6 Å². The summed E-state index contributed by atoms with van der Waals surface area (Å²) in [6, 6.07) is 1.60.